The van der Waals surface area contributed by atoms with Gasteiger partial charge in [-0.2, -0.15) is 10.2 Å². The van der Waals surface area contributed by atoms with Crippen molar-refractivity contribution in [3.05, 3.63) is 95.2 Å². The lowest BCUT2D eigenvalue weighted by Gasteiger charge is -2.15. The zero-order valence-corrected chi connectivity index (χ0v) is 15.3. The van der Waals surface area contributed by atoms with Crippen LogP contribution in [0.2, 0.25) is 0 Å². The van der Waals surface area contributed by atoms with Crippen LogP contribution in [0.15, 0.2) is 78.0 Å². The summed E-state index contributed by atoms with van der Waals surface area (Å²) in [5, 5.41) is 10.3. The van der Waals surface area contributed by atoms with Crippen molar-refractivity contribution in [2.45, 2.75) is 13.1 Å². The van der Waals surface area contributed by atoms with Crippen LogP contribution in [0.1, 0.15) is 0 Å². The third-order valence-corrected chi connectivity index (χ3v) is 4.52. The molecule has 0 aliphatic carbocycles. The monoisotopic (exact) mass is 393 g/mol. The fourth-order valence-corrected chi connectivity index (χ4v) is 3.27. The van der Waals surface area contributed by atoms with Crippen LogP contribution in [0, 0.1) is 11.6 Å². The van der Waals surface area contributed by atoms with Crippen LogP contribution < -0.4 is 5.56 Å². The molecule has 0 saturated carbocycles. The topological polar surface area (TPSA) is 68.5 Å². The van der Waals surface area contributed by atoms with Crippen LogP contribution >= 0.6 is 0 Å². The van der Waals surface area contributed by atoms with Gasteiger partial charge in [-0.3, -0.25) is 9.48 Å². The molecule has 0 amide bonds. The molecule has 2 aromatic rings. The highest BCUT2D eigenvalue weighted by Crippen LogP contribution is 2.31. The zero-order chi connectivity index (χ0) is 20.4. The number of pyridine rings is 1. The number of nitrogens with zero attached hydrogens (tertiary/aromatic N) is 4. The fraction of sp³-hybridized carbons (Fsp3) is 0.0952. The average Bonchev–Trinajstić information content (AvgIpc) is 3.35. The molecule has 1 aromatic carbocycles. The SMILES string of the molecule is C=C/C=C(\C=C/Cn1cccn1)Cn1cc2c(=O)[nH]nc-2c2c(F)ccc(F)c21. The van der Waals surface area contributed by atoms with Crippen molar-refractivity contribution in [2.24, 2.45) is 0 Å². The normalized spacial score (nSPS) is 12.4. The van der Waals surface area contributed by atoms with Crippen LogP contribution in [0.5, 0.6) is 0 Å². The van der Waals surface area contributed by atoms with Gasteiger partial charge in [0.05, 0.1) is 23.0 Å². The summed E-state index contributed by atoms with van der Waals surface area (Å²) in [5.74, 6) is -1.24. The summed E-state index contributed by atoms with van der Waals surface area (Å²) < 4.78 is 32.5. The summed E-state index contributed by atoms with van der Waals surface area (Å²) in [6, 6.07) is 3.93. The Morgan fingerprint density at radius 2 is 2.10 bits per heavy atom. The van der Waals surface area contributed by atoms with Crippen LogP contribution in [-0.4, -0.2) is 24.5 Å². The minimum absolute atomic E-state index is 0.0284. The van der Waals surface area contributed by atoms with Crippen molar-refractivity contribution in [2.75, 3.05) is 0 Å². The summed E-state index contributed by atoms with van der Waals surface area (Å²) in [5.41, 5.74) is 0.682. The third kappa shape index (κ3) is 3.52. The molecule has 146 valence electrons. The summed E-state index contributed by atoms with van der Waals surface area (Å²) in [6.07, 6.45) is 12.2. The van der Waals surface area contributed by atoms with Gasteiger partial charge >= 0.3 is 0 Å². The van der Waals surface area contributed by atoms with Crippen molar-refractivity contribution >= 4 is 10.9 Å². The van der Waals surface area contributed by atoms with Gasteiger partial charge in [-0.05, 0) is 23.8 Å². The van der Waals surface area contributed by atoms with Crippen molar-refractivity contribution in [3.63, 3.8) is 0 Å². The molecule has 0 fully saturated rings. The van der Waals surface area contributed by atoms with Crippen LogP contribution in [0.4, 0.5) is 8.78 Å². The molecule has 8 heteroatoms. The van der Waals surface area contributed by atoms with Crippen LogP contribution in [0.3, 0.4) is 0 Å². The number of hydrogen-bond donors (Lipinski definition) is 1. The minimum atomic E-state index is -0.643. The summed E-state index contributed by atoms with van der Waals surface area (Å²) in [4.78, 5) is 12.1. The molecular weight excluding hydrogens is 376 g/mol. The van der Waals surface area contributed by atoms with E-state index in [1.807, 2.05) is 24.4 Å². The Morgan fingerprint density at radius 1 is 1.28 bits per heavy atom. The number of hydrogen-bond acceptors (Lipinski definition) is 3. The van der Waals surface area contributed by atoms with Gasteiger partial charge in [0, 0.05) is 25.1 Å². The highest BCUT2D eigenvalue weighted by Gasteiger charge is 2.22. The number of rotatable bonds is 6. The molecule has 29 heavy (non-hydrogen) atoms. The van der Waals surface area contributed by atoms with Gasteiger partial charge in [0.1, 0.15) is 17.3 Å². The first kappa shape index (κ1) is 18.5. The number of benzene rings is 1. The van der Waals surface area contributed by atoms with E-state index in [-0.39, 0.29) is 28.7 Å². The molecule has 0 spiro atoms. The lowest BCUT2D eigenvalue weighted by Crippen LogP contribution is -2.10. The highest BCUT2D eigenvalue weighted by atomic mass is 19.1. The lowest BCUT2D eigenvalue weighted by atomic mass is 10.1. The van der Waals surface area contributed by atoms with Crippen molar-refractivity contribution in [1.29, 1.82) is 0 Å². The minimum Gasteiger partial charge on any atom is -0.340 e. The molecule has 4 rings (SSSR count). The first-order chi connectivity index (χ1) is 14.1. The molecule has 0 radical (unpaired) electrons. The van der Waals surface area contributed by atoms with Crippen LogP contribution in [0.25, 0.3) is 22.2 Å². The maximum atomic E-state index is 14.7. The molecule has 0 bridgehead atoms. The third-order valence-electron chi connectivity index (χ3n) is 4.52. The molecule has 6 nitrogen and oxygen atoms in total. The van der Waals surface area contributed by atoms with Crippen molar-refractivity contribution in [3.8, 4) is 11.3 Å². The average molecular weight is 393 g/mol. The van der Waals surface area contributed by atoms with E-state index in [2.05, 4.69) is 21.9 Å². The number of H-pyrrole nitrogens is 1. The van der Waals surface area contributed by atoms with Gasteiger partial charge in [0.15, 0.2) is 0 Å². The number of nitrogens with one attached hydrogen (secondary N) is 1. The van der Waals surface area contributed by atoms with Gasteiger partial charge in [-0.25, -0.2) is 13.9 Å². The summed E-state index contributed by atoms with van der Waals surface area (Å²) >= 11 is 0. The molecular formula is C21H17F2N5O. The van der Waals surface area contributed by atoms with E-state index in [1.54, 1.807) is 23.0 Å². The van der Waals surface area contributed by atoms with Gasteiger partial charge in [-0.1, -0.05) is 30.9 Å². The quantitative estimate of drug-likeness (QED) is 0.508. The predicted octanol–water partition coefficient (Wildman–Crippen LogP) is 3.67. The van der Waals surface area contributed by atoms with E-state index < -0.39 is 17.2 Å². The standard InChI is InChI=1S/C21H17F2N5O/c1-2-5-14(6-3-10-28-11-4-9-24-28)12-27-13-15-19(25-26-21(15)29)18-16(22)7-8-17(23)20(18)27/h2-9,11,13H,1,10,12H2,(H,26,29)/b6-3-,14-5+. The summed E-state index contributed by atoms with van der Waals surface area (Å²) in [7, 11) is 0. The first-order valence-corrected chi connectivity index (χ1v) is 8.89. The van der Waals surface area contributed by atoms with E-state index in [0.717, 1.165) is 17.7 Å². The molecule has 3 heterocycles. The Morgan fingerprint density at radius 3 is 2.86 bits per heavy atom. The molecule has 0 unspecified atom stereocenters. The zero-order valence-electron chi connectivity index (χ0n) is 15.3. The molecule has 2 aliphatic heterocycles. The van der Waals surface area contributed by atoms with Crippen LogP contribution in [-0.2, 0) is 13.1 Å². The van der Waals surface area contributed by atoms with Crippen molar-refractivity contribution < 1.29 is 8.78 Å². The predicted molar refractivity (Wildman–Crippen MR) is 107 cm³/mol. The second kappa shape index (κ2) is 7.67. The van der Waals surface area contributed by atoms with Gasteiger partial charge in [-0.15, -0.1) is 0 Å². The Bertz CT molecular complexity index is 1260. The maximum absolute atomic E-state index is 14.7. The molecule has 0 atom stereocenters. The van der Waals surface area contributed by atoms with Crippen molar-refractivity contribution in [1.82, 2.24) is 24.5 Å². The van der Waals surface area contributed by atoms with Gasteiger partial charge < -0.3 is 4.57 Å². The fourth-order valence-electron chi connectivity index (χ4n) is 3.27. The largest absolute Gasteiger partial charge is 0.340 e. The number of fused-ring (bicyclic) bond motifs is 3. The Labute approximate surface area is 164 Å². The van der Waals surface area contributed by atoms with E-state index in [0.29, 0.717) is 6.54 Å². The first-order valence-electron chi connectivity index (χ1n) is 8.89. The number of aromatic nitrogens is 5. The molecule has 2 aliphatic rings. The molecule has 0 saturated heterocycles. The van der Waals surface area contributed by atoms with Gasteiger partial charge in [0.2, 0.25) is 0 Å². The lowest BCUT2D eigenvalue weighted by molar-refractivity contribution is 0.607. The Hall–Kier alpha value is -3.81. The van der Waals surface area contributed by atoms with Gasteiger partial charge in [0.25, 0.3) is 5.56 Å². The van der Waals surface area contributed by atoms with E-state index in [4.69, 9.17) is 0 Å². The van der Waals surface area contributed by atoms with E-state index >= 15 is 0 Å². The van der Waals surface area contributed by atoms with E-state index in [1.165, 1.54) is 10.8 Å². The number of aromatic amines is 1. The highest BCUT2D eigenvalue weighted by molar-refractivity contribution is 5.94. The Kier molecular flexibility index (Phi) is 4.90. The summed E-state index contributed by atoms with van der Waals surface area (Å²) in [6.45, 7) is 4.48. The smallest absolute Gasteiger partial charge is 0.275 e. The molecule has 1 aromatic heterocycles. The number of halogens is 2. The second-order valence-corrected chi connectivity index (χ2v) is 6.43. The number of allylic oxidation sites excluding steroid dienone is 5. The second-order valence-electron chi connectivity index (χ2n) is 6.43. The Balaban J connectivity index is 1.80. The molecule has 1 N–H and O–H groups in total. The van der Waals surface area contributed by atoms with E-state index in [9.17, 15) is 13.6 Å². The maximum Gasteiger partial charge on any atom is 0.275 e.